The number of aliphatic hydroxyl groups excluding tert-OH is 1. The van der Waals surface area contributed by atoms with Crippen molar-refractivity contribution in [1.29, 1.82) is 0 Å². The van der Waals surface area contributed by atoms with E-state index in [1.54, 1.807) is 19.2 Å². The Balaban J connectivity index is 1.92. The molecule has 1 heterocycles. The number of benzene rings is 2. The van der Waals surface area contributed by atoms with E-state index in [0.29, 0.717) is 11.4 Å². The first-order chi connectivity index (χ1) is 13.7. The molecule has 0 aliphatic carbocycles. The minimum Gasteiger partial charge on any atom is -0.497 e. The minimum atomic E-state index is -2.24. The summed E-state index contributed by atoms with van der Waals surface area (Å²) < 4.78 is 27.7. The van der Waals surface area contributed by atoms with Crippen LogP contribution in [0.3, 0.4) is 0 Å². The number of aliphatic hydroxyl groups is 1. The molecule has 3 rings (SSSR count). The molecule has 1 aliphatic heterocycles. The highest BCUT2D eigenvalue weighted by Crippen LogP contribution is 2.45. The molecule has 1 N–H and O–H groups in total. The molecule has 0 saturated heterocycles. The van der Waals surface area contributed by atoms with E-state index in [2.05, 4.69) is 0 Å². The SMILES string of the molecule is [2H]C([2H])([2H])N(C)CCN1C(=O)C(O)C(c2ccc(OC)cc2)Sc2ccccc21. The zero-order chi connectivity index (χ0) is 21.2. The summed E-state index contributed by atoms with van der Waals surface area (Å²) in [4.78, 5) is 16.7. The van der Waals surface area contributed by atoms with Crippen molar-refractivity contribution in [3.8, 4) is 5.75 Å². The molecule has 0 bridgehead atoms. The van der Waals surface area contributed by atoms with Crippen molar-refractivity contribution in [2.24, 2.45) is 0 Å². The van der Waals surface area contributed by atoms with Gasteiger partial charge < -0.3 is 19.6 Å². The normalized spacial score (nSPS) is 22.2. The zero-order valence-electron chi connectivity index (χ0n) is 17.8. The molecular weight excluding hydrogens is 348 g/mol. The summed E-state index contributed by atoms with van der Waals surface area (Å²) in [6, 6.07) is 14.7. The fourth-order valence-corrected chi connectivity index (χ4v) is 4.18. The number of rotatable bonds is 5. The molecular formula is C20H24N2O3S. The lowest BCUT2D eigenvalue weighted by Crippen LogP contribution is -2.43. The van der Waals surface area contributed by atoms with Gasteiger partial charge in [0.25, 0.3) is 5.91 Å². The smallest absolute Gasteiger partial charge is 0.257 e. The number of fused-ring (bicyclic) bond motifs is 1. The highest BCUT2D eigenvalue weighted by Gasteiger charge is 2.37. The summed E-state index contributed by atoms with van der Waals surface area (Å²) in [7, 11) is 3.07. The van der Waals surface area contributed by atoms with Gasteiger partial charge in [-0.15, -0.1) is 11.8 Å². The lowest BCUT2D eigenvalue weighted by Gasteiger charge is -2.26. The largest absolute Gasteiger partial charge is 0.497 e. The molecule has 0 fully saturated rings. The van der Waals surface area contributed by atoms with E-state index in [0.717, 1.165) is 10.5 Å². The summed E-state index contributed by atoms with van der Waals surface area (Å²) in [6.07, 6.45) is -1.26. The Morgan fingerprint density at radius 3 is 2.69 bits per heavy atom. The van der Waals surface area contributed by atoms with Crippen LogP contribution in [0, 0.1) is 0 Å². The molecule has 1 aliphatic rings. The monoisotopic (exact) mass is 375 g/mol. The summed E-state index contributed by atoms with van der Waals surface area (Å²) in [5.41, 5.74) is 1.49. The molecule has 6 heteroatoms. The van der Waals surface area contributed by atoms with E-state index >= 15 is 0 Å². The number of carbonyl (C=O) groups is 1. The Morgan fingerprint density at radius 1 is 1.27 bits per heavy atom. The van der Waals surface area contributed by atoms with E-state index in [4.69, 9.17) is 8.85 Å². The van der Waals surface area contributed by atoms with Crippen LogP contribution in [0.25, 0.3) is 0 Å². The van der Waals surface area contributed by atoms with Gasteiger partial charge in [0.1, 0.15) is 11.9 Å². The number of hydrogen-bond acceptors (Lipinski definition) is 5. The van der Waals surface area contributed by atoms with Gasteiger partial charge in [-0.2, -0.15) is 0 Å². The summed E-state index contributed by atoms with van der Waals surface area (Å²) in [6.45, 7) is -1.92. The number of hydrogen-bond donors (Lipinski definition) is 1. The topological polar surface area (TPSA) is 53.0 Å². The molecule has 0 aromatic heterocycles. The van der Waals surface area contributed by atoms with Crippen LogP contribution in [0.2, 0.25) is 0 Å². The van der Waals surface area contributed by atoms with Gasteiger partial charge in [-0.1, -0.05) is 24.3 Å². The fourth-order valence-electron chi connectivity index (χ4n) is 2.91. The lowest BCUT2D eigenvalue weighted by molar-refractivity contribution is -0.126. The molecule has 5 nitrogen and oxygen atoms in total. The number of amides is 1. The number of para-hydroxylation sites is 1. The van der Waals surface area contributed by atoms with Crippen LogP contribution in [-0.4, -0.2) is 56.2 Å². The third-order valence-corrected chi connectivity index (χ3v) is 5.70. The molecule has 2 aromatic carbocycles. The first-order valence-corrected chi connectivity index (χ1v) is 9.20. The van der Waals surface area contributed by atoms with Crippen molar-refractivity contribution in [3.05, 3.63) is 54.1 Å². The Kier molecular flexibility index (Phi) is 4.71. The van der Waals surface area contributed by atoms with E-state index in [1.807, 2.05) is 36.4 Å². The second kappa shape index (κ2) is 8.12. The quantitative estimate of drug-likeness (QED) is 0.871. The molecule has 0 radical (unpaired) electrons. The van der Waals surface area contributed by atoms with Crippen LogP contribution in [0.5, 0.6) is 5.75 Å². The van der Waals surface area contributed by atoms with Gasteiger partial charge in [-0.05, 0) is 43.9 Å². The van der Waals surface area contributed by atoms with Gasteiger partial charge in [0, 0.05) is 22.1 Å². The summed E-state index contributed by atoms with van der Waals surface area (Å²) in [5, 5.41) is 10.4. The number of ether oxygens (including phenoxy) is 1. The molecule has 26 heavy (non-hydrogen) atoms. The average Bonchev–Trinajstić information content (AvgIpc) is 2.81. The van der Waals surface area contributed by atoms with E-state index in [9.17, 15) is 9.90 Å². The second-order valence-electron chi connectivity index (χ2n) is 6.14. The van der Waals surface area contributed by atoms with Gasteiger partial charge in [-0.3, -0.25) is 4.79 Å². The maximum Gasteiger partial charge on any atom is 0.257 e. The average molecular weight is 376 g/mol. The van der Waals surface area contributed by atoms with Crippen molar-refractivity contribution in [2.45, 2.75) is 16.2 Å². The molecule has 2 aromatic rings. The summed E-state index contributed by atoms with van der Waals surface area (Å²) >= 11 is 1.42. The number of nitrogens with zero attached hydrogens (tertiary/aromatic N) is 2. The first kappa shape index (κ1) is 15.1. The van der Waals surface area contributed by atoms with Crippen LogP contribution in [0.4, 0.5) is 5.69 Å². The van der Waals surface area contributed by atoms with Gasteiger partial charge in [0.05, 0.1) is 18.0 Å². The van der Waals surface area contributed by atoms with Crippen molar-refractivity contribution in [1.82, 2.24) is 4.90 Å². The number of methoxy groups -OCH3 is 1. The van der Waals surface area contributed by atoms with Crippen molar-refractivity contribution in [2.75, 3.05) is 39.1 Å². The first-order valence-electron chi connectivity index (χ1n) is 9.82. The maximum absolute atomic E-state index is 13.2. The highest BCUT2D eigenvalue weighted by molar-refractivity contribution is 7.99. The van der Waals surface area contributed by atoms with Crippen molar-refractivity contribution in [3.63, 3.8) is 0 Å². The number of anilines is 1. The Hall–Kier alpha value is -2.02. The van der Waals surface area contributed by atoms with Crippen molar-refractivity contribution >= 4 is 23.4 Å². The van der Waals surface area contributed by atoms with E-state index in [-0.39, 0.29) is 13.1 Å². The third kappa shape index (κ3) is 3.87. The van der Waals surface area contributed by atoms with E-state index in [1.165, 1.54) is 28.6 Å². The van der Waals surface area contributed by atoms with E-state index < -0.39 is 24.2 Å². The maximum atomic E-state index is 13.2. The Morgan fingerprint density at radius 2 is 2.00 bits per heavy atom. The summed E-state index contributed by atoms with van der Waals surface area (Å²) in [5.74, 6) is 0.255. The molecule has 2 unspecified atom stereocenters. The molecule has 1 amide bonds. The van der Waals surface area contributed by atoms with Gasteiger partial charge in [-0.25, -0.2) is 0 Å². The van der Waals surface area contributed by atoms with Crippen LogP contribution in [-0.2, 0) is 4.79 Å². The predicted molar refractivity (Wildman–Crippen MR) is 105 cm³/mol. The zero-order valence-corrected chi connectivity index (χ0v) is 15.6. The Bertz CT molecular complexity index is 861. The third-order valence-electron chi connectivity index (χ3n) is 4.32. The second-order valence-corrected chi connectivity index (χ2v) is 7.32. The molecule has 0 saturated carbocycles. The van der Waals surface area contributed by atoms with Gasteiger partial charge in [0.2, 0.25) is 0 Å². The number of likely N-dealkylation sites (N-methyl/N-ethyl adjacent to an activating group) is 1. The van der Waals surface area contributed by atoms with Crippen LogP contribution in [0.1, 0.15) is 14.9 Å². The van der Waals surface area contributed by atoms with Crippen molar-refractivity contribution < 1.29 is 18.8 Å². The van der Waals surface area contributed by atoms with Gasteiger partial charge >= 0.3 is 0 Å². The Labute approximate surface area is 162 Å². The minimum absolute atomic E-state index is 0.154. The van der Waals surface area contributed by atoms with Gasteiger partial charge in [0.15, 0.2) is 0 Å². The number of thioether (sulfide) groups is 1. The highest BCUT2D eigenvalue weighted by atomic mass is 32.2. The standard InChI is InChI=1S/C20H24N2O3S/c1-21(2)12-13-22-16-6-4-5-7-17(16)26-19(18(23)20(22)24)14-8-10-15(25-3)11-9-14/h4-11,18-19,23H,12-13H2,1-3H3/i1D3. The molecule has 2 atom stereocenters. The van der Waals surface area contributed by atoms with Crippen LogP contribution in [0.15, 0.2) is 53.4 Å². The predicted octanol–water partition coefficient (Wildman–Crippen LogP) is 2.80. The van der Waals surface area contributed by atoms with Crippen LogP contribution >= 0.6 is 11.8 Å². The fraction of sp³-hybridized carbons (Fsp3) is 0.350. The lowest BCUT2D eigenvalue weighted by atomic mass is 10.1. The number of carbonyl (C=O) groups excluding carboxylic acids is 1. The molecule has 0 spiro atoms. The van der Waals surface area contributed by atoms with Crippen LogP contribution < -0.4 is 9.64 Å². The molecule has 138 valence electrons.